The van der Waals surface area contributed by atoms with E-state index in [1.165, 1.54) is 6.42 Å². The van der Waals surface area contributed by atoms with E-state index in [0.717, 1.165) is 25.7 Å². The Balaban J connectivity index is 1.90. The van der Waals surface area contributed by atoms with Gasteiger partial charge in [0.25, 0.3) is 0 Å². The van der Waals surface area contributed by atoms with Gasteiger partial charge in [-0.3, -0.25) is 9.59 Å². The Bertz CT molecular complexity index is 460. The lowest BCUT2D eigenvalue weighted by atomic mass is 9.75. The maximum atomic E-state index is 13.1. The minimum absolute atomic E-state index is 0.0226. The first-order valence-electron chi connectivity index (χ1n) is 8.51. The van der Waals surface area contributed by atoms with Crippen molar-refractivity contribution in [3.63, 3.8) is 0 Å². The van der Waals surface area contributed by atoms with E-state index >= 15 is 0 Å². The first-order valence-corrected chi connectivity index (χ1v) is 8.51. The maximum absolute atomic E-state index is 13.1. The number of hydrogen-bond acceptors (Lipinski definition) is 2. The Morgan fingerprint density at radius 2 is 1.76 bits per heavy atom. The molecule has 3 rings (SSSR count). The highest BCUT2D eigenvalue weighted by atomic mass is 16.2. The van der Waals surface area contributed by atoms with Crippen LogP contribution in [-0.2, 0) is 9.59 Å². The Labute approximate surface area is 127 Å². The topological polar surface area (TPSA) is 49.4 Å². The molecule has 1 N–H and O–H groups in total. The Morgan fingerprint density at radius 1 is 1.10 bits per heavy atom. The average molecular weight is 292 g/mol. The SMILES string of the molecule is CC1CCCC(N2C(=O)C(C)(C3CC3)NC(=O)C2C)C1C. The second-order valence-corrected chi connectivity index (χ2v) is 7.69. The summed E-state index contributed by atoms with van der Waals surface area (Å²) in [5.74, 6) is 1.61. The van der Waals surface area contributed by atoms with E-state index in [1.54, 1.807) is 0 Å². The Hall–Kier alpha value is -1.06. The number of hydrogen-bond donors (Lipinski definition) is 1. The van der Waals surface area contributed by atoms with Gasteiger partial charge in [0, 0.05) is 6.04 Å². The van der Waals surface area contributed by atoms with Crippen molar-refractivity contribution in [1.29, 1.82) is 0 Å². The van der Waals surface area contributed by atoms with Crippen molar-refractivity contribution in [2.45, 2.75) is 77.4 Å². The quantitative estimate of drug-likeness (QED) is 0.849. The smallest absolute Gasteiger partial charge is 0.249 e. The number of nitrogens with zero attached hydrogens (tertiary/aromatic N) is 1. The van der Waals surface area contributed by atoms with Gasteiger partial charge in [0.15, 0.2) is 0 Å². The zero-order valence-electron chi connectivity index (χ0n) is 13.7. The van der Waals surface area contributed by atoms with Crippen molar-refractivity contribution in [3.8, 4) is 0 Å². The lowest BCUT2D eigenvalue weighted by Gasteiger charge is -2.50. The molecule has 0 radical (unpaired) electrons. The molecule has 4 nitrogen and oxygen atoms in total. The summed E-state index contributed by atoms with van der Waals surface area (Å²) < 4.78 is 0. The molecule has 2 aliphatic carbocycles. The molecule has 2 saturated carbocycles. The second-order valence-electron chi connectivity index (χ2n) is 7.69. The van der Waals surface area contributed by atoms with E-state index < -0.39 is 5.54 Å². The van der Waals surface area contributed by atoms with E-state index in [9.17, 15) is 9.59 Å². The fourth-order valence-electron chi connectivity index (χ4n) is 4.31. The molecule has 1 saturated heterocycles. The molecule has 5 unspecified atom stereocenters. The molecule has 0 bridgehead atoms. The second kappa shape index (κ2) is 4.99. The molecular formula is C17H28N2O2. The number of nitrogens with one attached hydrogen (secondary N) is 1. The highest BCUT2D eigenvalue weighted by molar-refractivity contribution is 6.00. The third kappa shape index (κ3) is 2.27. The molecule has 5 atom stereocenters. The van der Waals surface area contributed by atoms with Gasteiger partial charge in [-0.25, -0.2) is 0 Å². The van der Waals surface area contributed by atoms with Gasteiger partial charge in [0.1, 0.15) is 11.6 Å². The standard InChI is InChI=1S/C17H28N2O2/c1-10-6-5-7-14(11(10)2)19-12(3)15(20)18-17(4,16(19)21)13-8-9-13/h10-14H,5-9H2,1-4H3,(H,18,20). The van der Waals surface area contributed by atoms with Crippen LogP contribution >= 0.6 is 0 Å². The molecule has 0 spiro atoms. The number of rotatable bonds is 2. The van der Waals surface area contributed by atoms with E-state index in [4.69, 9.17) is 0 Å². The Kier molecular flexibility index (Phi) is 3.53. The summed E-state index contributed by atoms with van der Waals surface area (Å²) in [6.07, 6.45) is 5.55. The Morgan fingerprint density at radius 3 is 2.38 bits per heavy atom. The molecule has 1 heterocycles. The van der Waals surface area contributed by atoms with Crippen LogP contribution in [0.3, 0.4) is 0 Å². The minimum Gasteiger partial charge on any atom is -0.340 e. The normalized spacial score (nSPS) is 44.7. The predicted molar refractivity (Wildman–Crippen MR) is 81.5 cm³/mol. The summed E-state index contributed by atoms with van der Waals surface area (Å²) in [6.45, 7) is 8.33. The van der Waals surface area contributed by atoms with Crippen LogP contribution in [0.25, 0.3) is 0 Å². The summed E-state index contributed by atoms with van der Waals surface area (Å²) >= 11 is 0. The van der Waals surface area contributed by atoms with Crippen molar-refractivity contribution < 1.29 is 9.59 Å². The summed E-state index contributed by atoms with van der Waals surface area (Å²) in [5, 5.41) is 3.02. The van der Waals surface area contributed by atoms with Gasteiger partial charge < -0.3 is 10.2 Å². The third-order valence-electron chi connectivity index (χ3n) is 6.27. The summed E-state index contributed by atoms with van der Waals surface area (Å²) in [4.78, 5) is 27.5. The summed E-state index contributed by atoms with van der Waals surface area (Å²) in [7, 11) is 0. The lowest BCUT2D eigenvalue weighted by molar-refractivity contribution is -0.160. The van der Waals surface area contributed by atoms with Gasteiger partial charge in [-0.1, -0.05) is 26.7 Å². The van der Waals surface area contributed by atoms with Gasteiger partial charge in [-0.15, -0.1) is 0 Å². The van der Waals surface area contributed by atoms with E-state index in [1.807, 2.05) is 18.7 Å². The highest BCUT2D eigenvalue weighted by Crippen LogP contribution is 2.44. The van der Waals surface area contributed by atoms with Crippen molar-refractivity contribution >= 4 is 11.8 Å². The van der Waals surface area contributed by atoms with Crippen LogP contribution in [0.15, 0.2) is 0 Å². The fourth-order valence-corrected chi connectivity index (χ4v) is 4.31. The molecule has 3 fully saturated rings. The van der Waals surface area contributed by atoms with Gasteiger partial charge >= 0.3 is 0 Å². The third-order valence-corrected chi connectivity index (χ3v) is 6.27. The number of carbonyl (C=O) groups is 2. The molecular weight excluding hydrogens is 264 g/mol. The highest BCUT2D eigenvalue weighted by Gasteiger charge is 2.56. The monoisotopic (exact) mass is 292 g/mol. The van der Waals surface area contributed by atoms with Crippen molar-refractivity contribution in [2.24, 2.45) is 17.8 Å². The molecule has 3 aliphatic rings. The van der Waals surface area contributed by atoms with Crippen molar-refractivity contribution in [1.82, 2.24) is 10.2 Å². The van der Waals surface area contributed by atoms with Gasteiger partial charge in [0.2, 0.25) is 11.8 Å². The van der Waals surface area contributed by atoms with Gasteiger partial charge in [-0.05, 0) is 50.9 Å². The number of carbonyl (C=O) groups excluding carboxylic acids is 2. The molecule has 0 aromatic heterocycles. The zero-order chi connectivity index (χ0) is 15.4. The molecule has 1 aliphatic heterocycles. The molecule has 0 aromatic carbocycles. The maximum Gasteiger partial charge on any atom is 0.249 e. The lowest BCUT2D eigenvalue weighted by Crippen LogP contribution is -2.72. The van der Waals surface area contributed by atoms with Crippen LogP contribution in [0.5, 0.6) is 0 Å². The molecule has 2 amide bonds. The van der Waals surface area contributed by atoms with E-state index in [-0.39, 0.29) is 23.9 Å². The molecule has 4 heteroatoms. The first-order chi connectivity index (χ1) is 9.86. The van der Waals surface area contributed by atoms with Gasteiger partial charge in [0.05, 0.1) is 0 Å². The average Bonchev–Trinajstić information content (AvgIpc) is 3.26. The first kappa shape index (κ1) is 14.9. The fraction of sp³-hybridized carbons (Fsp3) is 0.882. The van der Waals surface area contributed by atoms with Crippen molar-refractivity contribution in [3.05, 3.63) is 0 Å². The summed E-state index contributed by atoms with van der Waals surface area (Å²) in [6, 6.07) is -0.109. The largest absolute Gasteiger partial charge is 0.340 e. The van der Waals surface area contributed by atoms with Crippen LogP contribution in [0.1, 0.15) is 59.8 Å². The van der Waals surface area contributed by atoms with Crippen LogP contribution in [0, 0.1) is 17.8 Å². The van der Waals surface area contributed by atoms with Gasteiger partial charge in [-0.2, -0.15) is 0 Å². The predicted octanol–water partition coefficient (Wildman–Crippen LogP) is 2.33. The minimum atomic E-state index is -0.663. The number of amides is 2. The van der Waals surface area contributed by atoms with Crippen LogP contribution < -0.4 is 5.32 Å². The summed E-state index contributed by atoms with van der Waals surface area (Å²) in [5.41, 5.74) is -0.663. The van der Waals surface area contributed by atoms with Crippen LogP contribution in [-0.4, -0.2) is 34.3 Å². The molecule has 21 heavy (non-hydrogen) atoms. The number of piperazine rings is 1. The van der Waals surface area contributed by atoms with E-state index in [2.05, 4.69) is 19.2 Å². The molecule has 0 aromatic rings. The van der Waals surface area contributed by atoms with Crippen molar-refractivity contribution in [2.75, 3.05) is 0 Å². The molecule has 118 valence electrons. The van der Waals surface area contributed by atoms with Crippen LogP contribution in [0.2, 0.25) is 0 Å². The zero-order valence-corrected chi connectivity index (χ0v) is 13.7. The van der Waals surface area contributed by atoms with E-state index in [0.29, 0.717) is 17.8 Å². The van der Waals surface area contributed by atoms with Crippen LogP contribution in [0.4, 0.5) is 0 Å².